The Bertz CT molecular complexity index is 379. The van der Waals surface area contributed by atoms with Crippen molar-refractivity contribution in [2.75, 3.05) is 20.7 Å². The molecule has 0 saturated heterocycles. The van der Waals surface area contributed by atoms with Gasteiger partial charge in [0.05, 0.1) is 19.6 Å². The second-order valence-corrected chi connectivity index (χ2v) is 4.44. The zero-order valence-electron chi connectivity index (χ0n) is 11.5. The molecule has 0 radical (unpaired) electrons. The van der Waals surface area contributed by atoms with Crippen molar-refractivity contribution in [2.45, 2.75) is 33.4 Å². The summed E-state index contributed by atoms with van der Waals surface area (Å²) in [6, 6.07) is 0. The van der Waals surface area contributed by atoms with Gasteiger partial charge in [0.1, 0.15) is 0 Å². The van der Waals surface area contributed by atoms with E-state index in [-0.39, 0.29) is 11.9 Å². The van der Waals surface area contributed by atoms with Crippen LogP contribution < -0.4 is 0 Å². The number of rotatable bonds is 7. The molecule has 0 fully saturated rings. The van der Waals surface area contributed by atoms with Crippen LogP contribution in [0.15, 0.2) is 0 Å². The van der Waals surface area contributed by atoms with E-state index in [9.17, 15) is 4.79 Å². The Hall–Kier alpha value is -1.50. The Morgan fingerprint density at radius 3 is 2.89 bits per heavy atom. The highest BCUT2D eigenvalue weighted by Gasteiger charge is 2.17. The molecule has 18 heavy (non-hydrogen) atoms. The van der Waals surface area contributed by atoms with Crippen LogP contribution in [0.2, 0.25) is 0 Å². The minimum absolute atomic E-state index is 0.157. The van der Waals surface area contributed by atoms with E-state index in [4.69, 9.17) is 4.74 Å². The molecule has 0 aromatic carbocycles. The van der Waals surface area contributed by atoms with Crippen molar-refractivity contribution in [3.8, 4) is 0 Å². The summed E-state index contributed by atoms with van der Waals surface area (Å²) in [5, 5.41) is 11.6. The molecule has 1 atom stereocenters. The van der Waals surface area contributed by atoms with Gasteiger partial charge in [-0.15, -0.1) is 5.10 Å². The van der Waals surface area contributed by atoms with Crippen molar-refractivity contribution in [2.24, 2.45) is 5.92 Å². The number of hydrogen-bond acceptors (Lipinski definition) is 6. The summed E-state index contributed by atoms with van der Waals surface area (Å²) in [6.07, 6.45) is 0.986. The fourth-order valence-electron chi connectivity index (χ4n) is 1.77. The van der Waals surface area contributed by atoms with Crippen molar-refractivity contribution in [1.82, 2.24) is 25.1 Å². The van der Waals surface area contributed by atoms with Crippen molar-refractivity contribution in [1.29, 1.82) is 0 Å². The normalized spacial score (nSPS) is 12.7. The van der Waals surface area contributed by atoms with E-state index < -0.39 is 0 Å². The number of carbonyl (C=O) groups is 1. The van der Waals surface area contributed by atoms with E-state index in [0.29, 0.717) is 13.1 Å². The van der Waals surface area contributed by atoms with Crippen molar-refractivity contribution in [3.05, 3.63) is 5.82 Å². The first kappa shape index (κ1) is 14.6. The summed E-state index contributed by atoms with van der Waals surface area (Å²) in [6.45, 7) is 5.97. The van der Waals surface area contributed by atoms with Crippen LogP contribution in [0.1, 0.15) is 26.1 Å². The zero-order valence-corrected chi connectivity index (χ0v) is 11.5. The molecule has 7 heteroatoms. The first-order valence-corrected chi connectivity index (χ1v) is 6.09. The van der Waals surface area contributed by atoms with Crippen LogP contribution in [0.3, 0.4) is 0 Å². The molecule has 0 saturated carbocycles. The molecule has 0 bridgehead atoms. The molecular formula is C11H21N5O2. The molecule has 1 heterocycles. The first-order valence-electron chi connectivity index (χ1n) is 6.09. The molecule has 0 aliphatic rings. The number of carbonyl (C=O) groups excluding carboxylic acids is 1. The van der Waals surface area contributed by atoms with Gasteiger partial charge in [-0.25, -0.2) is 4.68 Å². The Balaban J connectivity index is 2.51. The van der Waals surface area contributed by atoms with Crippen LogP contribution >= 0.6 is 0 Å². The van der Waals surface area contributed by atoms with Gasteiger partial charge in [-0.3, -0.25) is 9.69 Å². The quantitative estimate of drug-likeness (QED) is 0.653. The van der Waals surface area contributed by atoms with Gasteiger partial charge in [-0.05, 0) is 23.9 Å². The monoisotopic (exact) mass is 255 g/mol. The fraction of sp³-hybridized carbons (Fsp3) is 0.818. The molecule has 0 spiro atoms. The maximum Gasteiger partial charge on any atom is 0.309 e. The largest absolute Gasteiger partial charge is 0.469 e. The Morgan fingerprint density at radius 1 is 1.56 bits per heavy atom. The average Bonchev–Trinajstić information content (AvgIpc) is 2.75. The fourth-order valence-corrected chi connectivity index (χ4v) is 1.77. The smallest absolute Gasteiger partial charge is 0.309 e. The van der Waals surface area contributed by atoms with Crippen molar-refractivity contribution in [3.63, 3.8) is 0 Å². The summed E-state index contributed by atoms with van der Waals surface area (Å²) < 4.78 is 6.49. The van der Waals surface area contributed by atoms with Crippen LogP contribution in [-0.2, 0) is 22.6 Å². The van der Waals surface area contributed by atoms with Gasteiger partial charge < -0.3 is 4.74 Å². The predicted octanol–water partition coefficient (Wildman–Crippen LogP) is 0.324. The second kappa shape index (κ2) is 7.05. The second-order valence-electron chi connectivity index (χ2n) is 4.44. The van der Waals surface area contributed by atoms with Gasteiger partial charge >= 0.3 is 5.97 Å². The molecule has 1 aromatic rings. The van der Waals surface area contributed by atoms with Gasteiger partial charge in [0.15, 0.2) is 5.82 Å². The van der Waals surface area contributed by atoms with Gasteiger partial charge in [0, 0.05) is 13.1 Å². The Morgan fingerprint density at radius 2 is 2.28 bits per heavy atom. The Kier molecular flexibility index (Phi) is 5.70. The number of esters is 1. The summed E-state index contributed by atoms with van der Waals surface area (Å²) in [4.78, 5) is 13.3. The number of nitrogens with zero attached hydrogens (tertiary/aromatic N) is 5. The van der Waals surface area contributed by atoms with E-state index in [0.717, 1.165) is 18.8 Å². The van der Waals surface area contributed by atoms with Crippen LogP contribution in [0.25, 0.3) is 0 Å². The lowest BCUT2D eigenvalue weighted by molar-refractivity contribution is -0.145. The molecule has 7 nitrogen and oxygen atoms in total. The van der Waals surface area contributed by atoms with Crippen LogP contribution in [0.4, 0.5) is 0 Å². The summed E-state index contributed by atoms with van der Waals surface area (Å²) >= 11 is 0. The maximum atomic E-state index is 11.3. The minimum Gasteiger partial charge on any atom is -0.469 e. The highest BCUT2D eigenvalue weighted by atomic mass is 16.5. The number of aryl methyl sites for hydroxylation is 1. The molecule has 1 unspecified atom stereocenters. The van der Waals surface area contributed by atoms with Crippen LogP contribution in [-0.4, -0.2) is 51.8 Å². The minimum atomic E-state index is -0.199. The topological polar surface area (TPSA) is 73.1 Å². The van der Waals surface area contributed by atoms with Crippen LogP contribution in [0.5, 0.6) is 0 Å². The van der Waals surface area contributed by atoms with Crippen LogP contribution in [0, 0.1) is 5.92 Å². The summed E-state index contributed by atoms with van der Waals surface area (Å²) in [5.74, 6) is 0.460. The number of ether oxygens (including phenoxy) is 1. The number of methoxy groups -OCH3 is 1. The SMILES string of the molecule is CCCn1nnnc1CN(C)CC(C)C(=O)OC. The third-order valence-electron chi connectivity index (χ3n) is 2.64. The van der Waals surface area contributed by atoms with E-state index in [1.165, 1.54) is 7.11 Å². The number of hydrogen-bond donors (Lipinski definition) is 0. The lowest BCUT2D eigenvalue weighted by Crippen LogP contribution is -2.30. The van der Waals surface area contributed by atoms with Gasteiger partial charge in [-0.2, -0.15) is 0 Å². The summed E-state index contributed by atoms with van der Waals surface area (Å²) in [7, 11) is 3.34. The van der Waals surface area contributed by atoms with Gasteiger partial charge in [0.25, 0.3) is 0 Å². The molecule has 1 rings (SSSR count). The third-order valence-corrected chi connectivity index (χ3v) is 2.64. The Labute approximate surface area is 107 Å². The lowest BCUT2D eigenvalue weighted by Gasteiger charge is -2.19. The standard InChI is InChI=1S/C11H21N5O2/c1-5-6-16-10(12-13-14-16)8-15(3)7-9(2)11(17)18-4/h9H,5-8H2,1-4H3. The molecule has 0 aliphatic carbocycles. The maximum absolute atomic E-state index is 11.3. The highest BCUT2D eigenvalue weighted by molar-refractivity contribution is 5.71. The molecule has 102 valence electrons. The van der Waals surface area contributed by atoms with Gasteiger partial charge in [0.2, 0.25) is 0 Å². The molecule has 0 N–H and O–H groups in total. The van der Waals surface area contributed by atoms with Crippen molar-refractivity contribution < 1.29 is 9.53 Å². The molecule has 1 aromatic heterocycles. The molecular weight excluding hydrogens is 234 g/mol. The average molecular weight is 255 g/mol. The number of tetrazole rings is 1. The van der Waals surface area contributed by atoms with E-state index >= 15 is 0 Å². The van der Waals surface area contributed by atoms with E-state index in [2.05, 4.69) is 22.4 Å². The van der Waals surface area contributed by atoms with Gasteiger partial charge in [-0.1, -0.05) is 13.8 Å². The number of aromatic nitrogens is 4. The molecule has 0 aliphatic heterocycles. The first-order chi connectivity index (χ1) is 8.58. The highest BCUT2D eigenvalue weighted by Crippen LogP contribution is 2.04. The van der Waals surface area contributed by atoms with E-state index in [1.54, 1.807) is 4.68 Å². The van der Waals surface area contributed by atoms with E-state index in [1.807, 2.05) is 18.9 Å². The predicted molar refractivity (Wildman–Crippen MR) is 65.6 cm³/mol. The summed E-state index contributed by atoms with van der Waals surface area (Å²) in [5.41, 5.74) is 0. The molecule has 0 amide bonds. The third kappa shape index (κ3) is 4.06. The lowest BCUT2D eigenvalue weighted by atomic mass is 10.2. The van der Waals surface area contributed by atoms with Crippen molar-refractivity contribution >= 4 is 5.97 Å². The zero-order chi connectivity index (χ0) is 13.5.